The van der Waals surface area contributed by atoms with Crippen molar-refractivity contribution in [1.29, 1.82) is 0 Å². The highest BCUT2D eigenvalue weighted by molar-refractivity contribution is 7.99. The van der Waals surface area contributed by atoms with E-state index in [0.29, 0.717) is 22.8 Å². The van der Waals surface area contributed by atoms with E-state index in [1.165, 1.54) is 6.33 Å². The minimum Gasteiger partial charge on any atom is -0.497 e. The number of nitrogens with one attached hydrogen (secondary N) is 1. The van der Waals surface area contributed by atoms with Crippen LogP contribution in [-0.4, -0.2) is 57.4 Å². The number of amides is 1. The van der Waals surface area contributed by atoms with Crippen molar-refractivity contribution in [2.24, 2.45) is 0 Å². The molecule has 0 unspecified atom stereocenters. The third-order valence-electron chi connectivity index (χ3n) is 4.41. The Balaban J connectivity index is 1.54. The summed E-state index contributed by atoms with van der Waals surface area (Å²) in [6.45, 7) is 1.90. The second kappa shape index (κ2) is 8.30. The maximum absolute atomic E-state index is 12.5. The Morgan fingerprint density at radius 1 is 1.25 bits per heavy atom. The van der Waals surface area contributed by atoms with Crippen molar-refractivity contribution in [3.63, 3.8) is 0 Å². The van der Waals surface area contributed by atoms with Crippen LogP contribution in [0.25, 0.3) is 5.82 Å². The van der Waals surface area contributed by atoms with Gasteiger partial charge in [-0.15, -0.1) is 0 Å². The smallest absolute Gasteiger partial charge is 0.255 e. The molecule has 0 aliphatic carbocycles. The number of carbonyl (C=O) groups is 1. The van der Waals surface area contributed by atoms with Gasteiger partial charge in [-0.1, -0.05) is 6.07 Å². The number of benzene rings is 1. The van der Waals surface area contributed by atoms with E-state index in [-0.39, 0.29) is 5.91 Å². The first kappa shape index (κ1) is 18.3. The second-order valence-electron chi connectivity index (χ2n) is 6.19. The van der Waals surface area contributed by atoms with Gasteiger partial charge in [-0.2, -0.15) is 16.9 Å². The topological polar surface area (TPSA) is 85.2 Å². The first-order valence-corrected chi connectivity index (χ1v) is 10.0. The van der Waals surface area contributed by atoms with Crippen LogP contribution in [0.3, 0.4) is 0 Å². The van der Waals surface area contributed by atoms with Crippen LogP contribution in [0, 0.1) is 0 Å². The van der Waals surface area contributed by atoms with Crippen LogP contribution in [0.4, 0.5) is 11.4 Å². The fraction of sp³-hybridized carbons (Fsp3) is 0.263. The van der Waals surface area contributed by atoms with Crippen molar-refractivity contribution >= 4 is 29.0 Å². The highest BCUT2D eigenvalue weighted by Gasteiger charge is 2.18. The van der Waals surface area contributed by atoms with Crippen molar-refractivity contribution in [1.82, 2.24) is 19.7 Å². The first-order chi connectivity index (χ1) is 13.7. The lowest BCUT2D eigenvalue weighted by Crippen LogP contribution is -2.33. The van der Waals surface area contributed by atoms with Gasteiger partial charge in [-0.3, -0.25) is 4.79 Å². The molecule has 0 spiro atoms. The molecule has 1 N–H and O–H groups in total. The molecule has 0 atom stereocenters. The Kier molecular flexibility index (Phi) is 5.43. The summed E-state index contributed by atoms with van der Waals surface area (Å²) in [5, 5.41) is 7.24. The molecule has 1 amide bonds. The number of aromatic nitrogens is 4. The molecular formula is C19H20N6O2S. The molecule has 1 aromatic carbocycles. The lowest BCUT2D eigenvalue weighted by molar-refractivity contribution is 0.102. The molecule has 1 saturated heterocycles. The number of nitrogens with zero attached hydrogens (tertiary/aromatic N) is 5. The molecule has 1 aliphatic rings. The predicted octanol–water partition coefficient (Wildman–Crippen LogP) is 2.48. The van der Waals surface area contributed by atoms with Crippen LogP contribution in [0.1, 0.15) is 10.4 Å². The van der Waals surface area contributed by atoms with Gasteiger partial charge in [0.1, 0.15) is 17.8 Å². The fourth-order valence-corrected chi connectivity index (χ4v) is 3.89. The van der Waals surface area contributed by atoms with Gasteiger partial charge in [-0.25, -0.2) is 14.6 Å². The largest absolute Gasteiger partial charge is 0.497 e. The van der Waals surface area contributed by atoms with Crippen molar-refractivity contribution in [3.8, 4) is 11.6 Å². The van der Waals surface area contributed by atoms with Crippen LogP contribution >= 0.6 is 11.8 Å². The van der Waals surface area contributed by atoms with Gasteiger partial charge < -0.3 is 15.0 Å². The van der Waals surface area contributed by atoms with Crippen LogP contribution in [0.2, 0.25) is 0 Å². The average molecular weight is 396 g/mol. The van der Waals surface area contributed by atoms with E-state index in [1.807, 2.05) is 18.0 Å². The first-order valence-electron chi connectivity index (χ1n) is 8.88. The molecule has 2 aromatic heterocycles. The number of methoxy groups -OCH3 is 1. The lowest BCUT2D eigenvalue weighted by Gasteiger charge is -2.29. The van der Waals surface area contributed by atoms with Crippen molar-refractivity contribution in [3.05, 3.63) is 54.7 Å². The Morgan fingerprint density at radius 3 is 2.93 bits per heavy atom. The Morgan fingerprint density at radius 2 is 2.11 bits per heavy atom. The molecule has 3 heterocycles. The summed E-state index contributed by atoms with van der Waals surface area (Å²) in [6, 6.07) is 7.00. The molecule has 0 radical (unpaired) electrons. The number of anilines is 2. The fourth-order valence-electron chi connectivity index (χ4n) is 2.99. The predicted molar refractivity (Wildman–Crippen MR) is 110 cm³/mol. The van der Waals surface area contributed by atoms with Crippen molar-refractivity contribution < 1.29 is 9.53 Å². The quantitative estimate of drug-likeness (QED) is 0.709. The third-order valence-corrected chi connectivity index (χ3v) is 5.36. The van der Waals surface area contributed by atoms with Gasteiger partial charge in [0.25, 0.3) is 5.91 Å². The minimum absolute atomic E-state index is 0.227. The molecular weight excluding hydrogens is 376 g/mol. The maximum Gasteiger partial charge on any atom is 0.255 e. The average Bonchev–Trinajstić information content (AvgIpc) is 3.22. The minimum atomic E-state index is -0.227. The monoisotopic (exact) mass is 396 g/mol. The van der Waals surface area contributed by atoms with Gasteiger partial charge in [0, 0.05) is 30.2 Å². The van der Waals surface area contributed by atoms with E-state index in [2.05, 4.69) is 25.3 Å². The van der Waals surface area contributed by atoms with Gasteiger partial charge in [0.2, 0.25) is 0 Å². The molecule has 0 bridgehead atoms. The second-order valence-corrected chi connectivity index (χ2v) is 7.42. The van der Waals surface area contributed by atoms with E-state index in [1.54, 1.807) is 48.5 Å². The normalized spacial score (nSPS) is 14.0. The molecule has 9 heteroatoms. The van der Waals surface area contributed by atoms with Crippen LogP contribution in [0.5, 0.6) is 5.75 Å². The maximum atomic E-state index is 12.5. The highest BCUT2D eigenvalue weighted by Crippen LogP contribution is 2.25. The number of carbonyl (C=O) groups excluding carboxylic acids is 1. The number of ether oxygens (including phenoxy) is 1. The number of rotatable bonds is 5. The van der Waals surface area contributed by atoms with Gasteiger partial charge in [0.15, 0.2) is 5.82 Å². The highest BCUT2D eigenvalue weighted by atomic mass is 32.2. The van der Waals surface area contributed by atoms with Gasteiger partial charge >= 0.3 is 0 Å². The van der Waals surface area contributed by atoms with Gasteiger partial charge in [0.05, 0.1) is 31.4 Å². The number of hydrogen-bond acceptors (Lipinski definition) is 7. The van der Waals surface area contributed by atoms with Crippen molar-refractivity contribution in [2.75, 3.05) is 41.9 Å². The summed E-state index contributed by atoms with van der Waals surface area (Å²) in [5.41, 5.74) is 2.05. The van der Waals surface area contributed by atoms with E-state index in [0.717, 1.165) is 30.3 Å². The van der Waals surface area contributed by atoms with E-state index in [9.17, 15) is 4.79 Å². The molecule has 8 nitrogen and oxygen atoms in total. The third kappa shape index (κ3) is 3.94. The summed E-state index contributed by atoms with van der Waals surface area (Å²) in [7, 11) is 1.57. The van der Waals surface area contributed by atoms with E-state index >= 15 is 0 Å². The zero-order valence-corrected chi connectivity index (χ0v) is 16.2. The Labute approximate surface area is 166 Å². The SMILES string of the molecule is COc1cccc(C(=O)Nc2cnn(-c3ncncc3N3CCSCC3)c2)c1. The van der Waals surface area contributed by atoms with Crippen LogP contribution < -0.4 is 15.0 Å². The Hall–Kier alpha value is -3.07. The standard InChI is InChI=1S/C19H20N6O2S/c1-27-16-4-2-3-14(9-16)19(26)23-15-10-22-25(12-15)18-17(11-20-13-21-18)24-5-7-28-8-6-24/h2-4,9-13H,5-8H2,1H3,(H,23,26). The van der Waals surface area contributed by atoms with Crippen LogP contribution in [-0.2, 0) is 0 Å². The zero-order valence-electron chi connectivity index (χ0n) is 15.4. The molecule has 28 heavy (non-hydrogen) atoms. The lowest BCUT2D eigenvalue weighted by atomic mass is 10.2. The summed E-state index contributed by atoms with van der Waals surface area (Å²) in [4.78, 5) is 23.4. The number of hydrogen-bond donors (Lipinski definition) is 1. The molecule has 4 rings (SSSR count). The van der Waals surface area contributed by atoms with Gasteiger partial charge in [-0.05, 0) is 18.2 Å². The van der Waals surface area contributed by atoms with E-state index < -0.39 is 0 Å². The van der Waals surface area contributed by atoms with Crippen molar-refractivity contribution in [2.45, 2.75) is 0 Å². The van der Waals surface area contributed by atoms with E-state index in [4.69, 9.17) is 4.74 Å². The van der Waals surface area contributed by atoms with Crippen LogP contribution in [0.15, 0.2) is 49.2 Å². The Bertz CT molecular complexity index is 970. The summed E-state index contributed by atoms with van der Waals surface area (Å²) >= 11 is 1.95. The molecule has 1 aliphatic heterocycles. The molecule has 144 valence electrons. The number of thioether (sulfide) groups is 1. The summed E-state index contributed by atoms with van der Waals surface area (Å²) < 4.78 is 6.84. The molecule has 0 saturated carbocycles. The zero-order chi connectivity index (χ0) is 19.3. The molecule has 1 fully saturated rings. The summed E-state index contributed by atoms with van der Waals surface area (Å²) in [5.74, 6) is 3.26. The summed E-state index contributed by atoms with van der Waals surface area (Å²) in [6.07, 6.45) is 6.68. The molecule has 3 aromatic rings.